The van der Waals surface area contributed by atoms with Crippen LogP contribution in [-0.2, 0) is 4.74 Å². The van der Waals surface area contributed by atoms with Crippen LogP contribution in [-0.4, -0.2) is 42.8 Å². The Morgan fingerprint density at radius 2 is 1.88 bits per heavy atom. The molecule has 0 saturated carbocycles. The number of hydrogen-bond acceptors (Lipinski definition) is 5. The van der Waals surface area contributed by atoms with Crippen LogP contribution in [0.5, 0.6) is 0 Å². The number of anilines is 2. The van der Waals surface area contributed by atoms with E-state index in [9.17, 15) is 0 Å². The molecule has 0 radical (unpaired) electrons. The lowest BCUT2D eigenvalue weighted by Gasteiger charge is -2.35. The van der Waals surface area contributed by atoms with Gasteiger partial charge in [0.25, 0.3) is 0 Å². The Labute approximate surface area is 163 Å². The van der Waals surface area contributed by atoms with Gasteiger partial charge in [-0.15, -0.1) is 0 Å². The van der Waals surface area contributed by atoms with E-state index >= 15 is 0 Å². The molecule has 26 heavy (non-hydrogen) atoms. The Balaban J connectivity index is 1.51. The van der Waals surface area contributed by atoms with E-state index in [2.05, 4.69) is 66.9 Å². The number of rotatable bonds is 3. The van der Waals surface area contributed by atoms with Crippen molar-refractivity contribution < 1.29 is 4.74 Å². The summed E-state index contributed by atoms with van der Waals surface area (Å²) < 4.78 is 7.10. The summed E-state index contributed by atoms with van der Waals surface area (Å²) in [6, 6.07) is 10.5. The highest BCUT2D eigenvalue weighted by Gasteiger charge is 2.24. The molecule has 0 N–H and O–H groups in total. The number of halogens is 1. The van der Waals surface area contributed by atoms with Crippen molar-refractivity contribution in [1.82, 2.24) is 9.97 Å². The van der Waals surface area contributed by atoms with Gasteiger partial charge in [-0.3, -0.25) is 0 Å². The van der Waals surface area contributed by atoms with Crippen LogP contribution in [0, 0.1) is 5.92 Å². The number of benzene rings is 1. The van der Waals surface area contributed by atoms with Crippen molar-refractivity contribution in [3.63, 3.8) is 0 Å². The van der Waals surface area contributed by atoms with Gasteiger partial charge >= 0.3 is 0 Å². The number of morpholine rings is 1. The Kier molecular flexibility index (Phi) is 5.41. The highest BCUT2D eigenvalue weighted by molar-refractivity contribution is 9.10. The lowest BCUT2D eigenvalue weighted by Crippen LogP contribution is -2.39. The second-order valence-corrected chi connectivity index (χ2v) is 8.20. The normalized spacial score (nSPS) is 23.9. The molecule has 2 unspecified atom stereocenters. The molecule has 0 amide bonds. The van der Waals surface area contributed by atoms with Crippen molar-refractivity contribution >= 4 is 27.6 Å². The molecule has 2 saturated heterocycles. The molecule has 4 rings (SSSR count). The average molecular weight is 417 g/mol. The summed E-state index contributed by atoms with van der Waals surface area (Å²) in [5.74, 6) is 2.77. The van der Waals surface area contributed by atoms with E-state index in [-0.39, 0.29) is 6.10 Å². The lowest BCUT2D eigenvalue weighted by molar-refractivity contribution is 0.0395. The monoisotopic (exact) mass is 416 g/mol. The minimum atomic E-state index is 0.0645. The van der Waals surface area contributed by atoms with Crippen molar-refractivity contribution in [3.05, 3.63) is 46.7 Å². The zero-order valence-electron chi connectivity index (χ0n) is 15.1. The third-order valence-electron chi connectivity index (χ3n) is 5.23. The van der Waals surface area contributed by atoms with E-state index < -0.39 is 0 Å². The second-order valence-electron chi connectivity index (χ2n) is 7.29. The van der Waals surface area contributed by atoms with E-state index in [1.807, 2.05) is 6.07 Å². The van der Waals surface area contributed by atoms with Crippen LogP contribution >= 0.6 is 15.9 Å². The van der Waals surface area contributed by atoms with Crippen LogP contribution < -0.4 is 9.80 Å². The third kappa shape index (κ3) is 4.01. The molecule has 5 nitrogen and oxygen atoms in total. The topological polar surface area (TPSA) is 41.5 Å². The fourth-order valence-corrected chi connectivity index (χ4v) is 4.26. The molecule has 2 aliphatic heterocycles. The first-order valence-electron chi connectivity index (χ1n) is 9.38. The molecule has 2 fully saturated rings. The average Bonchev–Trinajstić information content (AvgIpc) is 2.68. The molecular formula is C20H25BrN4O. The minimum Gasteiger partial charge on any atom is -0.370 e. The minimum absolute atomic E-state index is 0.0645. The maximum atomic E-state index is 6.02. The van der Waals surface area contributed by atoms with Gasteiger partial charge in [-0.1, -0.05) is 35.0 Å². The Morgan fingerprint density at radius 3 is 2.65 bits per heavy atom. The van der Waals surface area contributed by atoms with Crippen molar-refractivity contribution in [2.75, 3.05) is 42.6 Å². The van der Waals surface area contributed by atoms with Crippen LogP contribution in [0.15, 0.2) is 41.1 Å². The zero-order chi connectivity index (χ0) is 17.9. The number of piperidine rings is 1. The van der Waals surface area contributed by atoms with E-state index in [0.717, 1.165) is 48.2 Å². The third-order valence-corrected chi connectivity index (χ3v) is 5.72. The molecule has 2 aliphatic rings. The summed E-state index contributed by atoms with van der Waals surface area (Å²) in [4.78, 5) is 13.8. The van der Waals surface area contributed by atoms with Gasteiger partial charge in [0.2, 0.25) is 0 Å². The Bertz CT molecular complexity index is 756. The van der Waals surface area contributed by atoms with Crippen LogP contribution in [0.2, 0.25) is 0 Å². The van der Waals surface area contributed by atoms with Crippen molar-refractivity contribution in [3.8, 4) is 0 Å². The molecule has 6 heteroatoms. The van der Waals surface area contributed by atoms with Crippen LogP contribution in [0.1, 0.15) is 31.4 Å². The summed E-state index contributed by atoms with van der Waals surface area (Å²) >= 11 is 3.55. The summed E-state index contributed by atoms with van der Waals surface area (Å²) in [5.41, 5.74) is 1.20. The van der Waals surface area contributed by atoms with Crippen molar-refractivity contribution in [1.29, 1.82) is 0 Å². The van der Waals surface area contributed by atoms with Gasteiger partial charge in [0.1, 0.15) is 24.1 Å². The van der Waals surface area contributed by atoms with Crippen molar-refractivity contribution in [2.45, 2.75) is 25.9 Å². The number of ether oxygens (including phenoxy) is 1. The number of nitrogens with zero attached hydrogens (tertiary/aromatic N) is 4. The molecule has 2 aromatic rings. The van der Waals surface area contributed by atoms with Gasteiger partial charge in [-0.05, 0) is 36.5 Å². The van der Waals surface area contributed by atoms with Gasteiger partial charge in [0.15, 0.2) is 0 Å². The fraction of sp³-hybridized carbons (Fsp3) is 0.500. The van der Waals surface area contributed by atoms with E-state index in [1.165, 1.54) is 18.4 Å². The van der Waals surface area contributed by atoms with Gasteiger partial charge in [0, 0.05) is 36.7 Å². The van der Waals surface area contributed by atoms with Gasteiger partial charge in [0.05, 0.1) is 6.61 Å². The first kappa shape index (κ1) is 17.7. The largest absolute Gasteiger partial charge is 0.370 e. The molecule has 2 atom stereocenters. The SMILES string of the molecule is CC1CCCN(c2cc(N3CCOC(c4cccc(Br)c4)C3)ncn2)C1. The molecule has 0 spiro atoms. The summed E-state index contributed by atoms with van der Waals surface area (Å²) in [6.07, 6.45) is 4.32. The van der Waals surface area contributed by atoms with Gasteiger partial charge in [-0.25, -0.2) is 9.97 Å². The molecule has 1 aromatic carbocycles. The molecule has 0 bridgehead atoms. The van der Waals surface area contributed by atoms with Crippen LogP contribution in [0.3, 0.4) is 0 Å². The maximum Gasteiger partial charge on any atom is 0.134 e. The standard InChI is InChI=1S/C20H25BrN4O/c1-15-4-3-7-24(12-15)19-11-20(23-14-22-19)25-8-9-26-18(13-25)16-5-2-6-17(21)10-16/h2,5-6,10-11,14-15,18H,3-4,7-9,12-13H2,1H3. The molecule has 1 aromatic heterocycles. The molecule has 0 aliphatic carbocycles. The van der Waals surface area contributed by atoms with E-state index in [4.69, 9.17) is 4.74 Å². The molecule has 138 valence electrons. The van der Waals surface area contributed by atoms with Crippen LogP contribution in [0.25, 0.3) is 0 Å². The maximum absolute atomic E-state index is 6.02. The Morgan fingerprint density at radius 1 is 1.08 bits per heavy atom. The molecule has 3 heterocycles. The van der Waals surface area contributed by atoms with Gasteiger partial charge in [-0.2, -0.15) is 0 Å². The number of hydrogen-bond donors (Lipinski definition) is 0. The number of aromatic nitrogens is 2. The quantitative estimate of drug-likeness (QED) is 0.754. The van der Waals surface area contributed by atoms with Gasteiger partial charge < -0.3 is 14.5 Å². The second kappa shape index (κ2) is 7.92. The van der Waals surface area contributed by atoms with E-state index in [1.54, 1.807) is 6.33 Å². The zero-order valence-corrected chi connectivity index (χ0v) is 16.7. The van der Waals surface area contributed by atoms with Crippen molar-refractivity contribution in [2.24, 2.45) is 5.92 Å². The summed E-state index contributed by atoms with van der Waals surface area (Å²) in [5, 5.41) is 0. The molecular weight excluding hydrogens is 392 g/mol. The van der Waals surface area contributed by atoms with E-state index in [0.29, 0.717) is 6.61 Å². The lowest BCUT2D eigenvalue weighted by atomic mass is 10.0. The summed E-state index contributed by atoms with van der Waals surface area (Å²) in [6.45, 7) is 6.86. The predicted molar refractivity (Wildman–Crippen MR) is 108 cm³/mol. The highest BCUT2D eigenvalue weighted by Crippen LogP contribution is 2.29. The first-order chi connectivity index (χ1) is 12.7. The Hall–Kier alpha value is -1.66. The smallest absolute Gasteiger partial charge is 0.134 e. The summed E-state index contributed by atoms with van der Waals surface area (Å²) in [7, 11) is 0. The first-order valence-corrected chi connectivity index (χ1v) is 10.2. The predicted octanol–water partition coefficient (Wildman–Crippen LogP) is 4.05. The van der Waals surface area contributed by atoms with Crippen LogP contribution in [0.4, 0.5) is 11.6 Å². The highest BCUT2D eigenvalue weighted by atomic mass is 79.9. The fourth-order valence-electron chi connectivity index (χ4n) is 3.85.